The van der Waals surface area contributed by atoms with Gasteiger partial charge in [0.05, 0.1) is 12.2 Å². The lowest BCUT2D eigenvalue weighted by atomic mass is 10.1. The van der Waals surface area contributed by atoms with E-state index < -0.39 is 0 Å². The number of carbonyl (C=O) groups excluding carboxylic acids is 1. The molecule has 1 saturated carbocycles. The second-order valence-electron chi connectivity index (χ2n) is 4.29. The molecule has 1 aromatic heterocycles. The molecule has 0 aliphatic heterocycles. The zero-order chi connectivity index (χ0) is 10.9. The topological polar surface area (TPSA) is 62.5 Å². The summed E-state index contributed by atoms with van der Waals surface area (Å²) in [7, 11) is 0. The molecule has 1 heterocycles. The summed E-state index contributed by atoms with van der Waals surface area (Å²) in [4.78, 5) is 11.6. The smallest absolute Gasteiger partial charge is 0.254 e. The summed E-state index contributed by atoms with van der Waals surface area (Å²) >= 11 is 0. The minimum absolute atomic E-state index is 0.0472. The van der Waals surface area contributed by atoms with E-state index in [0.717, 1.165) is 18.6 Å². The molecule has 1 amide bonds. The molecule has 82 valence electrons. The molecule has 15 heavy (non-hydrogen) atoms. The molecular weight excluding hydrogens is 194 g/mol. The van der Waals surface area contributed by atoms with Crippen LogP contribution in [0.3, 0.4) is 0 Å². The van der Waals surface area contributed by atoms with Crippen LogP contribution in [-0.2, 0) is 0 Å². The fraction of sp³-hybridized carbons (Fsp3) is 0.545. The van der Waals surface area contributed by atoms with Crippen LogP contribution in [0.5, 0.6) is 0 Å². The minimum atomic E-state index is -0.133. The van der Waals surface area contributed by atoms with Crippen molar-refractivity contribution in [2.24, 2.45) is 5.41 Å². The molecule has 1 aromatic rings. The van der Waals surface area contributed by atoms with Crippen molar-refractivity contribution in [3.63, 3.8) is 0 Å². The Balaban J connectivity index is 1.88. The minimum Gasteiger partial charge on any atom is -0.469 e. The number of aryl methyl sites for hydroxylation is 1. The average molecular weight is 209 g/mol. The van der Waals surface area contributed by atoms with Gasteiger partial charge < -0.3 is 14.8 Å². The Labute approximate surface area is 88.3 Å². The monoisotopic (exact) mass is 209 g/mol. The molecule has 0 saturated heterocycles. The number of aliphatic hydroxyl groups excluding tert-OH is 1. The van der Waals surface area contributed by atoms with E-state index in [1.54, 1.807) is 13.0 Å². The number of rotatable bonds is 4. The Bertz CT molecular complexity index is 366. The van der Waals surface area contributed by atoms with Gasteiger partial charge in [0.15, 0.2) is 0 Å². The third kappa shape index (κ3) is 2.21. The van der Waals surface area contributed by atoms with E-state index in [1.807, 2.05) is 0 Å². The lowest BCUT2D eigenvalue weighted by Gasteiger charge is -2.11. The van der Waals surface area contributed by atoms with Crippen LogP contribution in [0.25, 0.3) is 0 Å². The van der Waals surface area contributed by atoms with Gasteiger partial charge in [-0.2, -0.15) is 0 Å². The van der Waals surface area contributed by atoms with Gasteiger partial charge in [-0.3, -0.25) is 4.79 Å². The fourth-order valence-corrected chi connectivity index (χ4v) is 1.50. The highest BCUT2D eigenvalue weighted by Crippen LogP contribution is 2.44. The zero-order valence-electron chi connectivity index (χ0n) is 8.75. The Morgan fingerprint density at radius 2 is 2.40 bits per heavy atom. The van der Waals surface area contributed by atoms with Crippen molar-refractivity contribution in [1.82, 2.24) is 5.32 Å². The molecule has 2 rings (SSSR count). The van der Waals surface area contributed by atoms with E-state index in [0.29, 0.717) is 12.1 Å². The lowest BCUT2D eigenvalue weighted by Crippen LogP contribution is -2.31. The van der Waals surface area contributed by atoms with E-state index >= 15 is 0 Å². The number of hydrogen-bond donors (Lipinski definition) is 2. The maximum Gasteiger partial charge on any atom is 0.254 e. The molecule has 1 aliphatic carbocycles. The molecule has 4 nitrogen and oxygen atoms in total. The summed E-state index contributed by atoms with van der Waals surface area (Å²) in [6.07, 6.45) is 3.44. The Kier molecular flexibility index (Phi) is 2.52. The second-order valence-corrected chi connectivity index (χ2v) is 4.29. The first-order valence-corrected chi connectivity index (χ1v) is 5.09. The maximum atomic E-state index is 11.6. The van der Waals surface area contributed by atoms with Crippen LogP contribution in [0.2, 0.25) is 0 Å². The lowest BCUT2D eigenvalue weighted by molar-refractivity contribution is 0.0934. The number of carbonyl (C=O) groups is 1. The Morgan fingerprint density at radius 3 is 2.87 bits per heavy atom. The zero-order valence-corrected chi connectivity index (χ0v) is 8.75. The molecule has 0 bridgehead atoms. The maximum absolute atomic E-state index is 11.6. The van der Waals surface area contributed by atoms with E-state index in [1.165, 1.54) is 6.26 Å². The summed E-state index contributed by atoms with van der Waals surface area (Å²) in [6, 6.07) is 1.70. The molecule has 0 radical (unpaired) electrons. The van der Waals surface area contributed by atoms with Gasteiger partial charge in [0.2, 0.25) is 0 Å². The molecule has 0 aromatic carbocycles. The fourth-order valence-electron chi connectivity index (χ4n) is 1.50. The molecule has 2 N–H and O–H groups in total. The van der Waals surface area contributed by atoms with E-state index in [4.69, 9.17) is 9.52 Å². The van der Waals surface area contributed by atoms with Crippen LogP contribution in [0.4, 0.5) is 0 Å². The molecule has 1 fully saturated rings. The average Bonchev–Trinajstić information content (AvgIpc) is 2.90. The standard InChI is InChI=1S/C11H15NO3/c1-8-4-9(5-15-8)10(14)12-6-11(7-13)2-3-11/h4-5,13H,2-3,6-7H2,1H3,(H,12,14). The number of amides is 1. The second kappa shape index (κ2) is 3.70. The molecule has 0 unspecified atom stereocenters. The molecule has 0 spiro atoms. The molecule has 1 aliphatic rings. The van der Waals surface area contributed by atoms with Crippen molar-refractivity contribution >= 4 is 5.91 Å². The number of furan rings is 1. The van der Waals surface area contributed by atoms with E-state index in [-0.39, 0.29) is 17.9 Å². The summed E-state index contributed by atoms with van der Waals surface area (Å²) in [5.74, 6) is 0.593. The normalized spacial score (nSPS) is 17.5. The first-order valence-electron chi connectivity index (χ1n) is 5.09. The van der Waals surface area contributed by atoms with Crippen molar-refractivity contribution in [3.05, 3.63) is 23.7 Å². The Morgan fingerprint density at radius 1 is 1.67 bits per heavy atom. The van der Waals surface area contributed by atoms with Gasteiger partial charge in [-0.05, 0) is 25.8 Å². The van der Waals surface area contributed by atoms with E-state index in [9.17, 15) is 4.79 Å². The van der Waals surface area contributed by atoms with E-state index in [2.05, 4.69) is 5.32 Å². The largest absolute Gasteiger partial charge is 0.469 e. The van der Waals surface area contributed by atoms with Crippen molar-refractivity contribution in [2.45, 2.75) is 19.8 Å². The quantitative estimate of drug-likeness (QED) is 0.780. The summed E-state index contributed by atoms with van der Waals surface area (Å²) in [5, 5.41) is 11.9. The van der Waals surface area contributed by atoms with Crippen LogP contribution in [0.1, 0.15) is 29.0 Å². The van der Waals surface area contributed by atoms with Gasteiger partial charge in [-0.1, -0.05) is 0 Å². The van der Waals surface area contributed by atoms with Gasteiger partial charge in [0.1, 0.15) is 12.0 Å². The van der Waals surface area contributed by atoms with Crippen molar-refractivity contribution in [3.8, 4) is 0 Å². The predicted octanol–water partition coefficient (Wildman–Crippen LogP) is 1.09. The predicted molar refractivity (Wildman–Crippen MR) is 54.5 cm³/mol. The number of hydrogen-bond acceptors (Lipinski definition) is 3. The van der Waals surface area contributed by atoms with Crippen LogP contribution in [0, 0.1) is 12.3 Å². The third-order valence-electron chi connectivity index (χ3n) is 2.91. The summed E-state index contributed by atoms with van der Waals surface area (Å²) in [6.45, 7) is 2.50. The van der Waals surface area contributed by atoms with Crippen LogP contribution in [0.15, 0.2) is 16.7 Å². The van der Waals surface area contributed by atoms with Gasteiger partial charge in [-0.25, -0.2) is 0 Å². The van der Waals surface area contributed by atoms with Gasteiger partial charge in [-0.15, -0.1) is 0 Å². The number of nitrogens with one attached hydrogen (secondary N) is 1. The third-order valence-corrected chi connectivity index (χ3v) is 2.91. The van der Waals surface area contributed by atoms with Crippen molar-refractivity contribution in [1.29, 1.82) is 0 Å². The van der Waals surface area contributed by atoms with Crippen molar-refractivity contribution < 1.29 is 14.3 Å². The summed E-state index contributed by atoms with van der Waals surface area (Å²) < 4.78 is 5.05. The van der Waals surface area contributed by atoms with Crippen molar-refractivity contribution in [2.75, 3.05) is 13.2 Å². The molecule has 0 atom stereocenters. The van der Waals surface area contributed by atoms with Crippen LogP contribution >= 0.6 is 0 Å². The summed E-state index contributed by atoms with van der Waals surface area (Å²) in [5.41, 5.74) is 0.496. The first kappa shape index (κ1) is 10.2. The van der Waals surface area contributed by atoms with Gasteiger partial charge in [0.25, 0.3) is 5.91 Å². The van der Waals surface area contributed by atoms with Crippen LogP contribution < -0.4 is 5.32 Å². The highest BCUT2D eigenvalue weighted by atomic mass is 16.3. The van der Waals surface area contributed by atoms with Gasteiger partial charge in [0, 0.05) is 12.0 Å². The first-order chi connectivity index (χ1) is 7.15. The highest BCUT2D eigenvalue weighted by Gasteiger charge is 2.42. The SMILES string of the molecule is Cc1cc(C(=O)NCC2(CO)CC2)co1. The van der Waals surface area contributed by atoms with Crippen LogP contribution in [-0.4, -0.2) is 24.2 Å². The molecular formula is C11H15NO3. The van der Waals surface area contributed by atoms with Gasteiger partial charge >= 0.3 is 0 Å². The highest BCUT2D eigenvalue weighted by molar-refractivity contribution is 5.93. The number of aliphatic hydroxyl groups is 1. The molecule has 4 heteroatoms. The Hall–Kier alpha value is -1.29.